The van der Waals surface area contributed by atoms with E-state index in [-0.39, 0.29) is 24.1 Å². The lowest BCUT2D eigenvalue weighted by molar-refractivity contribution is 0.339. The van der Waals surface area contributed by atoms with Crippen molar-refractivity contribution in [2.75, 3.05) is 37.4 Å². The van der Waals surface area contributed by atoms with Gasteiger partial charge in [0.1, 0.15) is 11.6 Å². The molecule has 0 amide bonds. The Kier molecular flexibility index (Phi) is 7.24. The highest BCUT2D eigenvalue weighted by atomic mass is 32.2. The number of hydrogen-bond donors (Lipinski definition) is 3. The van der Waals surface area contributed by atoms with Gasteiger partial charge in [-0.3, -0.25) is 0 Å². The molecule has 11 heteroatoms. The number of nitrogens with zero attached hydrogens (tertiary/aromatic N) is 3. The average Bonchev–Trinajstić information content (AvgIpc) is 2.76. The molecule has 0 aliphatic rings. The SMILES string of the molecule is CCOc1cc(Cc2cnc(N)nc2N)cc(OS(=O)(=O)N(C)CC)c1-c1ccc(N)cc1. The van der Waals surface area contributed by atoms with Gasteiger partial charge >= 0.3 is 10.3 Å². The first-order chi connectivity index (χ1) is 15.6. The van der Waals surface area contributed by atoms with Gasteiger partial charge in [-0.05, 0) is 42.3 Å². The number of benzene rings is 2. The third kappa shape index (κ3) is 5.62. The van der Waals surface area contributed by atoms with Crippen molar-refractivity contribution in [3.05, 3.63) is 53.7 Å². The molecule has 0 aliphatic heterocycles. The summed E-state index contributed by atoms with van der Waals surface area (Å²) < 4.78 is 38.2. The first kappa shape index (κ1) is 24.1. The molecule has 0 bridgehead atoms. The topological polar surface area (TPSA) is 160 Å². The molecule has 1 aromatic heterocycles. The van der Waals surface area contributed by atoms with Gasteiger partial charge in [0, 0.05) is 37.5 Å². The number of aromatic nitrogens is 2. The predicted molar refractivity (Wildman–Crippen MR) is 129 cm³/mol. The van der Waals surface area contributed by atoms with Crippen molar-refractivity contribution in [3.63, 3.8) is 0 Å². The maximum atomic E-state index is 12.8. The van der Waals surface area contributed by atoms with Crippen LogP contribution in [0.2, 0.25) is 0 Å². The molecule has 0 unspecified atom stereocenters. The van der Waals surface area contributed by atoms with Crippen molar-refractivity contribution in [2.24, 2.45) is 0 Å². The van der Waals surface area contributed by atoms with Crippen LogP contribution in [0.25, 0.3) is 11.1 Å². The fraction of sp³-hybridized carbons (Fsp3) is 0.273. The first-order valence-electron chi connectivity index (χ1n) is 10.3. The summed E-state index contributed by atoms with van der Waals surface area (Å²) in [6, 6.07) is 10.5. The van der Waals surface area contributed by atoms with E-state index in [1.54, 1.807) is 37.3 Å². The molecule has 0 atom stereocenters. The normalized spacial score (nSPS) is 11.5. The van der Waals surface area contributed by atoms with Crippen molar-refractivity contribution < 1.29 is 17.3 Å². The van der Waals surface area contributed by atoms with Gasteiger partial charge in [-0.15, -0.1) is 0 Å². The van der Waals surface area contributed by atoms with Crippen molar-refractivity contribution in [1.82, 2.24) is 14.3 Å². The Balaban J connectivity index is 2.18. The molecule has 0 aliphatic carbocycles. The number of anilines is 3. The van der Waals surface area contributed by atoms with Gasteiger partial charge in [-0.2, -0.15) is 17.7 Å². The highest BCUT2D eigenvalue weighted by molar-refractivity contribution is 7.84. The van der Waals surface area contributed by atoms with Crippen LogP contribution in [0.1, 0.15) is 25.0 Å². The van der Waals surface area contributed by atoms with E-state index in [1.165, 1.54) is 13.2 Å². The van der Waals surface area contributed by atoms with E-state index in [9.17, 15) is 8.42 Å². The Bertz CT molecular complexity index is 1230. The molecule has 2 aromatic carbocycles. The fourth-order valence-corrected chi connectivity index (χ4v) is 3.94. The van der Waals surface area contributed by atoms with Crippen LogP contribution < -0.4 is 26.1 Å². The molecule has 10 nitrogen and oxygen atoms in total. The molecular weight excluding hydrogens is 444 g/mol. The molecule has 0 saturated heterocycles. The summed E-state index contributed by atoms with van der Waals surface area (Å²) in [4.78, 5) is 7.98. The Morgan fingerprint density at radius 2 is 1.70 bits per heavy atom. The monoisotopic (exact) mass is 472 g/mol. The number of nitrogens with two attached hydrogens (primary N) is 3. The minimum absolute atomic E-state index is 0.0719. The lowest BCUT2D eigenvalue weighted by Gasteiger charge is -2.20. The molecule has 0 spiro atoms. The highest BCUT2D eigenvalue weighted by Gasteiger charge is 2.24. The average molecular weight is 473 g/mol. The molecule has 33 heavy (non-hydrogen) atoms. The molecule has 3 aromatic rings. The Labute approximate surface area is 193 Å². The van der Waals surface area contributed by atoms with Crippen LogP contribution in [-0.2, 0) is 16.7 Å². The zero-order chi connectivity index (χ0) is 24.2. The van der Waals surface area contributed by atoms with Crippen LogP contribution >= 0.6 is 0 Å². The summed E-state index contributed by atoms with van der Waals surface area (Å²) in [5.41, 5.74) is 20.5. The van der Waals surface area contributed by atoms with E-state index in [0.717, 1.165) is 4.31 Å². The summed E-state index contributed by atoms with van der Waals surface area (Å²) in [5.74, 6) is 0.890. The summed E-state index contributed by atoms with van der Waals surface area (Å²) in [5, 5.41) is 0. The summed E-state index contributed by atoms with van der Waals surface area (Å²) in [6.07, 6.45) is 1.85. The van der Waals surface area contributed by atoms with Crippen LogP contribution in [0, 0.1) is 0 Å². The van der Waals surface area contributed by atoms with Crippen molar-refractivity contribution in [3.8, 4) is 22.6 Å². The minimum atomic E-state index is -4.05. The predicted octanol–water partition coefficient (Wildman–Crippen LogP) is 2.46. The van der Waals surface area contributed by atoms with Gasteiger partial charge in [0.15, 0.2) is 5.75 Å². The molecule has 1 heterocycles. The van der Waals surface area contributed by atoms with Crippen LogP contribution in [0.15, 0.2) is 42.6 Å². The Morgan fingerprint density at radius 1 is 1.03 bits per heavy atom. The van der Waals surface area contributed by atoms with Crippen LogP contribution in [0.4, 0.5) is 17.5 Å². The third-order valence-electron chi connectivity index (χ3n) is 4.96. The largest absolute Gasteiger partial charge is 0.493 e. The smallest absolute Gasteiger partial charge is 0.384 e. The molecular formula is C22H28N6O4S. The van der Waals surface area contributed by atoms with E-state index in [4.69, 9.17) is 26.1 Å². The Morgan fingerprint density at radius 3 is 2.30 bits per heavy atom. The summed E-state index contributed by atoms with van der Waals surface area (Å²) >= 11 is 0. The second kappa shape index (κ2) is 9.92. The van der Waals surface area contributed by atoms with E-state index in [2.05, 4.69) is 9.97 Å². The maximum Gasteiger partial charge on any atom is 0.384 e. The highest BCUT2D eigenvalue weighted by Crippen LogP contribution is 2.41. The molecule has 176 valence electrons. The van der Waals surface area contributed by atoms with Gasteiger partial charge in [-0.25, -0.2) is 4.98 Å². The van der Waals surface area contributed by atoms with Gasteiger partial charge in [0.25, 0.3) is 0 Å². The van der Waals surface area contributed by atoms with Crippen molar-refractivity contribution in [1.29, 1.82) is 0 Å². The van der Waals surface area contributed by atoms with Crippen LogP contribution in [0.3, 0.4) is 0 Å². The lowest BCUT2D eigenvalue weighted by atomic mass is 9.98. The van der Waals surface area contributed by atoms with Gasteiger partial charge in [0.2, 0.25) is 5.95 Å². The number of rotatable bonds is 9. The summed E-state index contributed by atoms with van der Waals surface area (Å²) in [7, 11) is -2.61. The van der Waals surface area contributed by atoms with Crippen LogP contribution in [-0.4, -0.2) is 42.9 Å². The lowest BCUT2D eigenvalue weighted by Crippen LogP contribution is -2.30. The van der Waals surface area contributed by atoms with Gasteiger partial charge in [0.05, 0.1) is 12.2 Å². The number of ether oxygens (including phenoxy) is 1. The second-order valence-electron chi connectivity index (χ2n) is 7.29. The van der Waals surface area contributed by atoms with E-state index in [0.29, 0.717) is 46.7 Å². The molecule has 6 N–H and O–H groups in total. The number of nitrogen functional groups attached to an aromatic ring is 3. The quantitative estimate of drug-likeness (QED) is 0.397. The molecule has 0 fully saturated rings. The van der Waals surface area contributed by atoms with Gasteiger partial charge in [-0.1, -0.05) is 19.1 Å². The van der Waals surface area contributed by atoms with E-state index >= 15 is 0 Å². The van der Waals surface area contributed by atoms with E-state index in [1.807, 2.05) is 13.0 Å². The standard InChI is InChI=1S/C22H28N6O4S/c1-4-28(3)33(29,30)32-19-12-14(10-16-13-26-22(25)27-21(16)24)11-18(31-5-2)20(19)15-6-8-17(23)9-7-15/h6-9,11-13H,4-5,10,23H2,1-3H3,(H4,24,25,26,27). The second-order valence-corrected chi connectivity index (χ2v) is 8.94. The molecule has 3 rings (SSSR count). The zero-order valence-corrected chi connectivity index (χ0v) is 19.6. The van der Waals surface area contributed by atoms with Crippen molar-refractivity contribution >= 4 is 27.8 Å². The molecule has 0 saturated carbocycles. The number of hydrogen-bond acceptors (Lipinski definition) is 9. The van der Waals surface area contributed by atoms with Gasteiger partial charge < -0.3 is 26.1 Å². The summed E-state index contributed by atoms with van der Waals surface area (Å²) in [6.45, 7) is 4.16. The Hall–Kier alpha value is -3.57. The third-order valence-corrected chi connectivity index (χ3v) is 6.37. The zero-order valence-electron chi connectivity index (χ0n) is 18.8. The molecule has 0 radical (unpaired) electrons. The van der Waals surface area contributed by atoms with Crippen molar-refractivity contribution in [2.45, 2.75) is 20.3 Å². The minimum Gasteiger partial charge on any atom is -0.493 e. The maximum absolute atomic E-state index is 12.8. The first-order valence-corrected chi connectivity index (χ1v) is 11.7. The fourth-order valence-electron chi connectivity index (χ4n) is 3.14. The van der Waals surface area contributed by atoms with E-state index < -0.39 is 10.3 Å². The van der Waals surface area contributed by atoms with Crippen LogP contribution in [0.5, 0.6) is 11.5 Å².